The number of hydrogen-bond donors (Lipinski definition) is 2. The second kappa shape index (κ2) is 6.14. The first-order valence-corrected chi connectivity index (χ1v) is 6.06. The molecule has 2 rings (SSSR count). The molecule has 1 unspecified atom stereocenters. The van der Waals surface area contributed by atoms with Crippen LogP contribution in [0.25, 0.3) is 10.9 Å². The van der Waals surface area contributed by atoms with E-state index in [0.29, 0.717) is 16.6 Å². The number of benzene rings is 1. The van der Waals surface area contributed by atoms with Crippen LogP contribution in [0.3, 0.4) is 0 Å². The minimum atomic E-state index is -1.09. The molecular formula is C13H13N3O5. The third-order valence-corrected chi connectivity index (χ3v) is 2.98. The summed E-state index contributed by atoms with van der Waals surface area (Å²) >= 11 is 0. The zero-order valence-corrected chi connectivity index (χ0v) is 11.1. The summed E-state index contributed by atoms with van der Waals surface area (Å²) in [5.74, 6) is -1.09. The van der Waals surface area contributed by atoms with E-state index >= 15 is 0 Å². The SMILES string of the molecule is COC(CNc1ccc([N+](=O)[O-])c2cccnc12)C(=O)O. The molecule has 0 bridgehead atoms. The number of methoxy groups -OCH3 is 1. The van der Waals surface area contributed by atoms with Gasteiger partial charge in [0, 0.05) is 19.4 Å². The number of anilines is 1. The Bertz CT molecular complexity index is 689. The molecule has 0 radical (unpaired) electrons. The number of rotatable bonds is 6. The van der Waals surface area contributed by atoms with Crippen molar-refractivity contribution in [3.8, 4) is 0 Å². The molecule has 1 atom stereocenters. The van der Waals surface area contributed by atoms with E-state index in [-0.39, 0.29) is 12.2 Å². The third-order valence-electron chi connectivity index (χ3n) is 2.98. The van der Waals surface area contributed by atoms with Crippen molar-refractivity contribution in [3.05, 3.63) is 40.6 Å². The molecule has 110 valence electrons. The van der Waals surface area contributed by atoms with Crippen molar-refractivity contribution in [2.45, 2.75) is 6.10 Å². The maximum atomic E-state index is 11.0. The molecule has 0 amide bonds. The first kappa shape index (κ1) is 14.7. The fourth-order valence-electron chi connectivity index (χ4n) is 1.93. The van der Waals surface area contributed by atoms with Crippen LogP contribution in [0.2, 0.25) is 0 Å². The monoisotopic (exact) mass is 291 g/mol. The van der Waals surface area contributed by atoms with Crippen molar-refractivity contribution in [3.63, 3.8) is 0 Å². The molecule has 0 aliphatic rings. The van der Waals surface area contributed by atoms with E-state index in [9.17, 15) is 14.9 Å². The number of aromatic nitrogens is 1. The van der Waals surface area contributed by atoms with E-state index in [0.717, 1.165) is 0 Å². The van der Waals surface area contributed by atoms with Crippen LogP contribution in [0.15, 0.2) is 30.5 Å². The zero-order chi connectivity index (χ0) is 15.4. The number of non-ortho nitro benzene ring substituents is 1. The molecule has 0 spiro atoms. The van der Waals surface area contributed by atoms with Crippen LogP contribution < -0.4 is 5.32 Å². The molecule has 2 N–H and O–H groups in total. The summed E-state index contributed by atoms with van der Waals surface area (Å²) < 4.78 is 4.82. The number of nitrogens with one attached hydrogen (secondary N) is 1. The van der Waals surface area contributed by atoms with E-state index < -0.39 is 17.0 Å². The first-order valence-electron chi connectivity index (χ1n) is 6.06. The first-order chi connectivity index (χ1) is 10.0. The van der Waals surface area contributed by atoms with E-state index in [1.807, 2.05) is 0 Å². The Morgan fingerprint density at radius 3 is 2.90 bits per heavy atom. The van der Waals surface area contributed by atoms with Crippen LogP contribution >= 0.6 is 0 Å². The normalized spacial score (nSPS) is 12.0. The Morgan fingerprint density at radius 1 is 1.52 bits per heavy atom. The maximum Gasteiger partial charge on any atom is 0.334 e. The highest BCUT2D eigenvalue weighted by Gasteiger charge is 2.18. The standard InChI is InChI=1S/C13H13N3O5/c1-21-11(13(17)18)7-15-9-4-5-10(16(19)20)8-3-2-6-14-12(8)9/h2-6,11,15H,7H2,1H3,(H,17,18). The largest absolute Gasteiger partial charge is 0.479 e. The number of hydrogen-bond acceptors (Lipinski definition) is 6. The van der Waals surface area contributed by atoms with E-state index in [4.69, 9.17) is 9.84 Å². The number of nitrogens with zero attached hydrogens (tertiary/aromatic N) is 2. The Hall–Kier alpha value is -2.74. The lowest BCUT2D eigenvalue weighted by Gasteiger charge is -2.13. The van der Waals surface area contributed by atoms with E-state index in [1.54, 1.807) is 12.1 Å². The summed E-state index contributed by atoms with van der Waals surface area (Å²) in [5, 5.41) is 23.2. The zero-order valence-electron chi connectivity index (χ0n) is 11.1. The van der Waals surface area contributed by atoms with Gasteiger partial charge in [0.15, 0.2) is 6.10 Å². The molecule has 1 aromatic carbocycles. The molecule has 0 fully saturated rings. The second-order valence-electron chi connectivity index (χ2n) is 4.23. The van der Waals surface area contributed by atoms with Gasteiger partial charge in [0.05, 0.1) is 22.5 Å². The number of ether oxygens (including phenoxy) is 1. The average molecular weight is 291 g/mol. The third kappa shape index (κ3) is 3.06. The summed E-state index contributed by atoms with van der Waals surface area (Å²) in [5.41, 5.74) is 0.872. The van der Waals surface area contributed by atoms with Crippen molar-refractivity contribution in [1.29, 1.82) is 0 Å². The van der Waals surface area contributed by atoms with E-state index in [1.165, 1.54) is 25.4 Å². The molecule has 0 aliphatic carbocycles. The lowest BCUT2D eigenvalue weighted by atomic mass is 10.1. The number of fused-ring (bicyclic) bond motifs is 1. The second-order valence-corrected chi connectivity index (χ2v) is 4.23. The fourth-order valence-corrected chi connectivity index (χ4v) is 1.93. The van der Waals surface area contributed by atoms with Gasteiger partial charge >= 0.3 is 5.97 Å². The Morgan fingerprint density at radius 2 is 2.29 bits per heavy atom. The predicted octanol–water partition coefficient (Wildman–Crippen LogP) is 1.65. The van der Waals surface area contributed by atoms with Gasteiger partial charge < -0.3 is 15.2 Å². The maximum absolute atomic E-state index is 11.0. The molecule has 21 heavy (non-hydrogen) atoms. The minimum Gasteiger partial charge on any atom is -0.479 e. The highest BCUT2D eigenvalue weighted by molar-refractivity contribution is 5.96. The van der Waals surface area contributed by atoms with Crippen LogP contribution in [0.5, 0.6) is 0 Å². The summed E-state index contributed by atoms with van der Waals surface area (Å²) in [6.07, 6.45) is 0.501. The summed E-state index contributed by atoms with van der Waals surface area (Å²) in [7, 11) is 1.30. The van der Waals surface area contributed by atoms with Crippen LogP contribution in [-0.2, 0) is 9.53 Å². The van der Waals surface area contributed by atoms with Gasteiger partial charge in [-0.1, -0.05) is 0 Å². The quantitative estimate of drug-likeness (QED) is 0.614. The van der Waals surface area contributed by atoms with Gasteiger partial charge in [-0.3, -0.25) is 15.1 Å². The average Bonchev–Trinajstić information content (AvgIpc) is 2.47. The molecule has 0 saturated heterocycles. The van der Waals surface area contributed by atoms with Crippen molar-refractivity contribution >= 4 is 28.2 Å². The number of nitro benzene ring substituents is 1. The molecular weight excluding hydrogens is 278 g/mol. The predicted molar refractivity (Wildman–Crippen MR) is 75.3 cm³/mol. The minimum absolute atomic E-state index is 0.0231. The molecule has 0 saturated carbocycles. The highest BCUT2D eigenvalue weighted by Crippen LogP contribution is 2.29. The summed E-state index contributed by atoms with van der Waals surface area (Å²) in [6.45, 7) is 0.0231. The topological polar surface area (TPSA) is 115 Å². The van der Waals surface area contributed by atoms with Gasteiger partial charge in [-0.2, -0.15) is 0 Å². The number of aliphatic carboxylic acids is 1. The van der Waals surface area contributed by atoms with Gasteiger partial charge in [0.25, 0.3) is 5.69 Å². The molecule has 0 aliphatic heterocycles. The molecule has 1 aromatic heterocycles. The van der Waals surface area contributed by atoms with Crippen molar-refractivity contribution in [2.75, 3.05) is 19.0 Å². The highest BCUT2D eigenvalue weighted by atomic mass is 16.6. The lowest BCUT2D eigenvalue weighted by molar-refractivity contribution is -0.383. The smallest absolute Gasteiger partial charge is 0.334 e. The van der Waals surface area contributed by atoms with E-state index in [2.05, 4.69) is 10.3 Å². The van der Waals surface area contributed by atoms with Crippen LogP contribution in [0.1, 0.15) is 0 Å². The van der Waals surface area contributed by atoms with Gasteiger partial charge in [-0.05, 0) is 18.2 Å². The number of carboxylic acids is 1. The molecule has 1 heterocycles. The lowest BCUT2D eigenvalue weighted by Crippen LogP contribution is -2.30. The molecule has 8 nitrogen and oxygen atoms in total. The number of pyridine rings is 1. The Kier molecular flexibility index (Phi) is 4.29. The van der Waals surface area contributed by atoms with Gasteiger partial charge in [0.2, 0.25) is 0 Å². The fraction of sp³-hybridized carbons (Fsp3) is 0.231. The van der Waals surface area contributed by atoms with Crippen LogP contribution in [0, 0.1) is 10.1 Å². The van der Waals surface area contributed by atoms with Crippen LogP contribution in [0.4, 0.5) is 11.4 Å². The summed E-state index contributed by atoms with van der Waals surface area (Å²) in [4.78, 5) is 25.5. The van der Waals surface area contributed by atoms with Crippen molar-refractivity contribution < 1.29 is 19.6 Å². The Labute approximate surface area is 119 Å². The molecule has 8 heteroatoms. The summed E-state index contributed by atoms with van der Waals surface area (Å²) in [6, 6.07) is 6.06. The Balaban J connectivity index is 2.35. The molecule has 2 aromatic rings. The van der Waals surface area contributed by atoms with Crippen molar-refractivity contribution in [1.82, 2.24) is 4.98 Å². The van der Waals surface area contributed by atoms with Gasteiger partial charge in [-0.25, -0.2) is 4.79 Å². The number of nitro groups is 1. The van der Waals surface area contributed by atoms with Crippen LogP contribution in [-0.4, -0.2) is 40.7 Å². The van der Waals surface area contributed by atoms with Crippen molar-refractivity contribution in [2.24, 2.45) is 0 Å². The van der Waals surface area contributed by atoms with Gasteiger partial charge in [-0.15, -0.1) is 0 Å². The number of carboxylic acid groups (broad SMARTS) is 1. The van der Waals surface area contributed by atoms with Gasteiger partial charge in [0.1, 0.15) is 5.52 Å². The number of carbonyl (C=O) groups is 1.